The fourth-order valence-electron chi connectivity index (χ4n) is 2.15. The van der Waals surface area contributed by atoms with Crippen molar-refractivity contribution in [1.29, 1.82) is 0 Å². The molecule has 0 fully saturated rings. The standard InChI is InChI=1S/C20H24N2O3/c1-13-6-9-17(12-14(13)2)21-18(23)15-7-10-16(11-8-15)22-19(24)25-20(3,4)5/h6-12H,1-5H3,(H,21,23)(H,22,24). The minimum Gasteiger partial charge on any atom is -0.444 e. The van der Waals surface area contributed by atoms with Crippen LogP contribution in [0.15, 0.2) is 42.5 Å². The van der Waals surface area contributed by atoms with Crippen LogP contribution in [0.5, 0.6) is 0 Å². The molecule has 5 nitrogen and oxygen atoms in total. The van der Waals surface area contributed by atoms with E-state index in [0.717, 1.165) is 11.3 Å². The van der Waals surface area contributed by atoms with Crippen molar-refractivity contribution in [2.75, 3.05) is 10.6 Å². The fourth-order valence-corrected chi connectivity index (χ4v) is 2.15. The molecule has 0 aliphatic carbocycles. The molecule has 25 heavy (non-hydrogen) atoms. The van der Waals surface area contributed by atoms with Crippen LogP contribution in [0.1, 0.15) is 42.3 Å². The van der Waals surface area contributed by atoms with Gasteiger partial charge in [0.05, 0.1) is 0 Å². The number of amides is 2. The highest BCUT2D eigenvalue weighted by Crippen LogP contribution is 2.17. The Morgan fingerprint density at radius 2 is 1.44 bits per heavy atom. The molecule has 0 atom stereocenters. The van der Waals surface area contributed by atoms with E-state index in [1.165, 1.54) is 5.56 Å². The van der Waals surface area contributed by atoms with Crippen molar-refractivity contribution in [1.82, 2.24) is 0 Å². The highest BCUT2D eigenvalue weighted by atomic mass is 16.6. The fraction of sp³-hybridized carbons (Fsp3) is 0.300. The molecule has 0 heterocycles. The van der Waals surface area contributed by atoms with Crippen LogP contribution < -0.4 is 10.6 Å². The predicted octanol–water partition coefficient (Wildman–Crippen LogP) is 4.90. The van der Waals surface area contributed by atoms with Gasteiger partial charge in [-0.1, -0.05) is 6.07 Å². The van der Waals surface area contributed by atoms with Crippen molar-refractivity contribution in [3.63, 3.8) is 0 Å². The average Bonchev–Trinajstić information content (AvgIpc) is 2.49. The zero-order valence-corrected chi connectivity index (χ0v) is 15.3. The van der Waals surface area contributed by atoms with Gasteiger partial charge in [0.25, 0.3) is 5.91 Å². The van der Waals surface area contributed by atoms with Crippen molar-refractivity contribution in [2.24, 2.45) is 0 Å². The van der Waals surface area contributed by atoms with E-state index in [1.54, 1.807) is 45.0 Å². The second-order valence-corrected chi connectivity index (χ2v) is 6.96. The van der Waals surface area contributed by atoms with E-state index in [2.05, 4.69) is 10.6 Å². The summed E-state index contributed by atoms with van der Waals surface area (Å²) in [5, 5.41) is 5.50. The largest absolute Gasteiger partial charge is 0.444 e. The molecule has 0 saturated carbocycles. The molecular weight excluding hydrogens is 316 g/mol. The van der Waals surface area contributed by atoms with E-state index < -0.39 is 11.7 Å². The molecule has 5 heteroatoms. The Bertz CT molecular complexity index is 775. The molecule has 132 valence electrons. The molecule has 0 bridgehead atoms. The summed E-state index contributed by atoms with van der Waals surface area (Å²) in [6.07, 6.45) is -0.528. The van der Waals surface area contributed by atoms with Crippen molar-refractivity contribution in [2.45, 2.75) is 40.2 Å². The van der Waals surface area contributed by atoms with Crippen molar-refractivity contribution in [3.05, 3.63) is 59.2 Å². The Kier molecular flexibility index (Phi) is 5.47. The lowest BCUT2D eigenvalue weighted by molar-refractivity contribution is 0.0636. The first kappa shape index (κ1) is 18.5. The van der Waals surface area contributed by atoms with Crippen LogP contribution in [0.4, 0.5) is 16.2 Å². The normalized spacial score (nSPS) is 10.9. The molecule has 0 radical (unpaired) electrons. The number of carbonyl (C=O) groups excluding carboxylic acids is 2. The Hall–Kier alpha value is -2.82. The second kappa shape index (κ2) is 7.38. The van der Waals surface area contributed by atoms with Crippen LogP contribution in [0.25, 0.3) is 0 Å². The van der Waals surface area contributed by atoms with Gasteiger partial charge in [-0.15, -0.1) is 0 Å². The summed E-state index contributed by atoms with van der Waals surface area (Å²) in [5.41, 5.74) is 3.56. The lowest BCUT2D eigenvalue weighted by Crippen LogP contribution is -2.27. The molecule has 2 N–H and O–H groups in total. The molecule has 2 aromatic rings. The van der Waals surface area contributed by atoms with E-state index >= 15 is 0 Å². The third-order valence-electron chi connectivity index (χ3n) is 3.56. The number of carbonyl (C=O) groups is 2. The number of hydrogen-bond donors (Lipinski definition) is 2. The molecule has 0 aromatic heterocycles. The minimum absolute atomic E-state index is 0.202. The SMILES string of the molecule is Cc1ccc(NC(=O)c2ccc(NC(=O)OC(C)(C)C)cc2)cc1C. The molecule has 0 spiro atoms. The summed E-state index contributed by atoms with van der Waals surface area (Å²) in [6, 6.07) is 12.4. The van der Waals surface area contributed by atoms with Crippen molar-refractivity contribution in [3.8, 4) is 0 Å². The van der Waals surface area contributed by atoms with E-state index in [4.69, 9.17) is 4.74 Å². The summed E-state index contributed by atoms with van der Waals surface area (Å²) in [4.78, 5) is 24.0. The number of aryl methyl sites for hydroxylation is 2. The summed E-state index contributed by atoms with van der Waals surface area (Å²) in [7, 11) is 0. The molecule has 2 aromatic carbocycles. The van der Waals surface area contributed by atoms with Crippen LogP contribution in [0, 0.1) is 13.8 Å². The number of rotatable bonds is 3. The van der Waals surface area contributed by atoms with Gasteiger partial charge >= 0.3 is 6.09 Å². The first-order valence-corrected chi connectivity index (χ1v) is 8.13. The topological polar surface area (TPSA) is 67.4 Å². The number of benzene rings is 2. The highest BCUT2D eigenvalue weighted by Gasteiger charge is 2.16. The molecule has 0 aliphatic rings. The number of ether oxygens (including phenoxy) is 1. The number of nitrogens with one attached hydrogen (secondary N) is 2. The first-order chi connectivity index (χ1) is 11.6. The monoisotopic (exact) mass is 340 g/mol. The van der Waals surface area contributed by atoms with Crippen molar-refractivity contribution >= 4 is 23.4 Å². The van der Waals surface area contributed by atoms with Gasteiger partial charge < -0.3 is 10.1 Å². The second-order valence-electron chi connectivity index (χ2n) is 6.96. The van der Waals surface area contributed by atoms with Crippen LogP contribution in [0.3, 0.4) is 0 Å². The number of hydrogen-bond acceptors (Lipinski definition) is 3. The molecule has 2 amide bonds. The van der Waals surface area contributed by atoms with Gasteiger partial charge in [0.15, 0.2) is 0 Å². The Morgan fingerprint density at radius 3 is 2.00 bits per heavy atom. The maximum Gasteiger partial charge on any atom is 0.412 e. The van der Waals surface area contributed by atoms with Crippen LogP contribution in [-0.4, -0.2) is 17.6 Å². The van der Waals surface area contributed by atoms with E-state index in [1.807, 2.05) is 32.0 Å². The highest BCUT2D eigenvalue weighted by molar-refractivity contribution is 6.04. The lowest BCUT2D eigenvalue weighted by atomic mass is 10.1. The van der Waals surface area contributed by atoms with Gasteiger partial charge in [0.2, 0.25) is 0 Å². The Morgan fingerprint density at radius 1 is 0.840 bits per heavy atom. The summed E-state index contributed by atoms with van der Waals surface area (Å²) >= 11 is 0. The lowest BCUT2D eigenvalue weighted by Gasteiger charge is -2.19. The van der Waals surface area contributed by atoms with Gasteiger partial charge in [0.1, 0.15) is 5.60 Å². The molecule has 0 aliphatic heterocycles. The maximum atomic E-state index is 12.3. The van der Waals surface area contributed by atoms with Gasteiger partial charge in [0, 0.05) is 16.9 Å². The molecular formula is C20H24N2O3. The smallest absolute Gasteiger partial charge is 0.412 e. The van der Waals surface area contributed by atoms with Crippen molar-refractivity contribution < 1.29 is 14.3 Å². The quantitative estimate of drug-likeness (QED) is 0.835. The maximum absolute atomic E-state index is 12.3. The molecule has 0 unspecified atom stereocenters. The van der Waals surface area contributed by atoms with Crippen LogP contribution in [-0.2, 0) is 4.74 Å². The van der Waals surface area contributed by atoms with E-state index in [-0.39, 0.29) is 5.91 Å². The molecule has 2 rings (SSSR count). The zero-order chi connectivity index (χ0) is 18.6. The first-order valence-electron chi connectivity index (χ1n) is 8.13. The van der Waals surface area contributed by atoms with Gasteiger partial charge in [-0.3, -0.25) is 10.1 Å². The molecule has 0 saturated heterocycles. The zero-order valence-electron chi connectivity index (χ0n) is 15.3. The predicted molar refractivity (Wildman–Crippen MR) is 100 cm³/mol. The third kappa shape index (κ3) is 5.64. The number of anilines is 2. The Labute approximate surface area is 148 Å². The minimum atomic E-state index is -0.559. The van der Waals surface area contributed by atoms with Gasteiger partial charge in [-0.05, 0) is 82.1 Å². The summed E-state index contributed by atoms with van der Waals surface area (Å²) < 4.78 is 5.19. The van der Waals surface area contributed by atoms with E-state index in [0.29, 0.717) is 11.3 Å². The van der Waals surface area contributed by atoms with Crippen LogP contribution >= 0.6 is 0 Å². The van der Waals surface area contributed by atoms with E-state index in [9.17, 15) is 9.59 Å². The van der Waals surface area contributed by atoms with Gasteiger partial charge in [-0.25, -0.2) is 4.79 Å². The average molecular weight is 340 g/mol. The van der Waals surface area contributed by atoms with Gasteiger partial charge in [-0.2, -0.15) is 0 Å². The van der Waals surface area contributed by atoms with Crippen LogP contribution in [0.2, 0.25) is 0 Å². The Balaban J connectivity index is 2.00. The third-order valence-corrected chi connectivity index (χ3v) is 3.56. The summed E-state index contributed by atoms with van der Waals surface area (Å²) in [6.45, 7) is 9.42. The summed E-state index contributed by atoms with van der Waals surface area (Å²) in [5.74, 6) is -0.202.